The second kappa shape index (κ2) is 8.62. The van der Waals surface area contributed by atoms with Gasteiger partial charge in [0.1, 0.15) is 17.9 Å². The van der Waals surface area contributed by atoms with Crippen molar-refractivity contribution in [1.82, 2.24) is 15.0 Å². The second-order valence-corrected chi connectivity index (χ2v) is 12.4. The standard InChI is InChI=1S/C28H38FN3O3/c1-27-11-9-20-19-10-12-28(34,16-35-2)14-17(19)3-5-21(20)22(27)6-7-23(27)26(33)15-32-25-13-18(29)4-8-24(25)30-31-32/h4,8,13,17,19-23,34H,3,5-7,9-12,14-16H2,1-2H3/t17-,19+,20-,21-,22+,23-,27+,28-/m1/s1. The summed E-state index contributed by atoms with van der Waals surface area (Å²) in [5.41, 5.74) is 0.603. The van der Waals surface area contributed by atoms with E-state index in [0.29, 0.717) is 41.3 Å². The van der Waals surface area contributed by atoms with E-state index in [1.165, 1.54) is 31.4 Å². The Morgan fingerprint density at radius 3 is 2.80 bits per heavy atom. The first kappa shape index (κ1) is 23.5. The van der Waals surface area contributed by atoms with Gasteiger partial charge in [0.2, 0.25) is 0 Å². The molecule has 4 fully saturated rings. The molecular weight excluding hydrogens is 445 g/mol. The molecule has 0 amide bonds. The average molecular weight is 484 g/mol. The van der Waals surface area contributed by atoms with E-state index in [1.54, 1.807) is 17.9 Å². The number of ketones is 1. The molecule has 4 saturated carbocycles. The van der Waals surface area contributed by atoms with Gasteiger partial charge in [0, 0.05) is 19.1 Å². The maximum absolute atomic E-state index is 13.8. The Bertz CT molecular complexity index is 1120. The molecule has 0 radical (unpaired) electrons. The molecule has 0 bridgehead atoms. The molecule has 2 aromatic rings. The molecule has 0 saturated heterocycles. The van der Waals surface area contributed by atoms with Crippen molar-refractivity contribution in [2.75, 3.05) is 13.7 Å². The number of aromatic nitrogens is 3. The van der Waals surface area contributed by atoms with Gasteiger partial charge in [-0.2, -0.15) is 0 Å². The number of hydrogen-bond acceptors (Lipinski definition) is 5. The molecule has 4 aliphatic carbocycles. The van der Waals surface area contributed by atoms with Crippen molar-refractivity contribution in [3.63, 3.8) is 0 Å². The van der Waals surface area contributed by atoms with Crippen LogP contribution in [0.3, 0.4) is 0 Å². The van der Waals surface area contributed by atoms with Gasteiger partial charge in [-0.25, -0.2) is 9.07 Å². The molecule has 7 heteroatoms. The van der Waals surface area contributed by atoms with Gasteiger partial charge in [0.05, 0.1) is 17.7 Å². The number of rotatable bonds is 5. The summed E-state index contributed by atoms with van der Waals surface area (Å²) in [5.74, 6) is 3.27. The maximum Gasteiger partial charge on any atom is 0.157 e. The van der Waals surface area contributed by atoms with Gasteiger partial charge in [-0.05, 0) is 105 Å². The number of carbonyl (C=O) groups excluding carboxylic acids is 1. The normalized spacial score (nSPS) is 40.8. The fourth-order valence-corrected chi connectivity index (χ4v) is 9.20. The fraction of sp³-hybridized carbons (Fsp3) is 0.750. The first-order valence-electron chi connectivity index (χ1n) is 13.5. The van der Waals surface area contributed by atoms with E-state index < -0.39 is 5.60 Å². The minimum Gasteiger partial charge on any atom is -0.387 e. The average Bonchev–Trinajstić information content (AvgIpc) is 3.39. The highest BCUT2D eigenvalue weighted by molar-refractivity contribution is 5.84. The SMILES string of the molecule is COC[C@@]1(O)CC[C@H]2[C@H](CC[C@@H]3[C@@H]2CC[C@]2(C)[C@@H](C(=O)Cn4nnc5ccc(F)cc54)CC[C@@H]32)C1. The summed E-state index contributed by atoms with van der Waals surface area (Å²) in [6.07, 6.45) is 9.63. The number of hydrogen-bond donors (Lipinski definition) is 1. The number of aliphatic hydroxyl groups is 1. The summed E-state index contributed by atoms with van der Waals surface area (Å²) in [6.45, 7) is 2.99. The van der Waals surface area contributed by atoms with E-state index in [0.717, 1.165) is 44.4 Å². The van der Waals surface area contributed by atoms with Gasteiger partial charge in [0.25, 0.3) is 0 Å². The van der Waals surface area contributed by atoms with Crippen LogP contribution in [0.2, 0.25) is 0 Å². The van der Waals surface area contributed by atoms with Crippen molar-refractivity contribution < 1.29 is 19.0 Å². The van der Waals surface area contributed by atoms with Crippen LogP contribution in [0.1, 0.15) is 64.7 Å². The zero-order chi connectivity index (χ0) is 24.4. The highest BCUT2D eigenvalue weighted by atomic mass is 19.1. The van der Waals surface area contributed by atoms with Crippen molar-refractivity contribution in [3.8, 4) is 0 Å². The molecule has 0 unspecified atom stereocenters. The molecule has 6 rings (SSSR count). The Morgan fingerprint density at radius 2 is 1.97 bits per heavy atom. The molecule has 1 N–H and O–H groups in total. The Hall–Kier alpha value is -1.86. The van der Waals surface area contributed by atoms with Gasteiger partial charge in [-0.1, -0.05) is 12.1 Å². The fourth-order valence-electron chi connectivity index (χ4n) is 9.20. The van der Waals surface area contributed by atoms with Crippen molar-refractivity contribution >= 4 is 16.8 Å². The number of halogens is 1. The van der Waals surface area contributed by atoms with Crippen LogP contribution in [0, 0.1) is 46.7 Å². The quantitative estimate of drug-likeness (QED) is 0.662. The van der Waals surface area contributed by atoms with Crippen LogP contribution in [0.5, 0.6) is 0 Å². The van der Waals surface area contributed by atoms with E-state index in [4.69, 9.17) is 4.74 Å². The Morgan fingerprint density at radius 1 is 1.14 bits per heavy atom. The van der Waals surface area contributed by atoms with E-state index in [-0.39, 0.29) is 29.5 Å². The van der Waals surface area contributed by atoms with Gasteiger partial charge in [0.15, 0.2) is 5.78 Å². The highest BCUT2D eigenvalue weighted by Crippen LogP contribution is 2.64. The monoisotopic (exact) mass is 483 g/mol. The number of Topliss-reactive ketones (excluding diaryl/α,β-unsaturated/α-hetero) is 1. The molecular formula is C28H38FN3O3. The largest absolute Gasteiger partial charge is 0.387 e. The van der Waals surface area contributed by atoms with Crippen molar-refractivity contribution in [2.24, 2.45) is 40.9 Å². The Balaban J connectivity index is 1.17. The third kappa shape index (κ3) is 3.85. The second-order valence-electron chi connectivity index (χ2n) is 12.4. The first-order valence-corrected chi connectivity index (χ1v) is 13.5. The molecule has 1 aromatic heterocycles. The molecule has 35 heavy (non-hydrogen) atoms. The number of fused-ring (bicyclic) bond motifs is 6. The predicted molar refractivity (Wildman–Crippen MR) is 130 cm³/mol. The lowest BCUT2D eigenvalue weighted by Crippen LogP contribution is -2.52. The van der Waals surface area contributed by atoms with Crippen LogP contribution in [0.25, 0.3) is 11.0 Å². The van der Waals surface area contributed by atoms with Gasteiger partial charge in [-0.3, -0.25) is 4.79 Å². The van der Waals surface area contributed by atoms with Crippen LogP contribution >= 0.6 is 0 Å². The van der Waals surface area contributed by atoms with Crippen molar-refractivity contribution in [3.05, 3.63) is 24.0 Å². The first-order chi connectivity index (χ1) is 16.8. The number of nitrogens with zero attached hydrogens (tertiary/aromatic N) is 3. The summed E-state index contributed by atoms with van der Waals surface area (Å²) >= 11 is 0. The van der Waals surface area contributed by atoms with Crippen molar-refractivity contribution in [1.29, 1.82) is 0 Å². The zero-order valence-electron chi connectivity index (χ0n) is 21.0. The van der Waals surface area contributed by atoms with Crippen molar-refractivity contribution in [2.45, 2.75) is 76.9 Å². The van der Waals surface area contributed by atoms with Crippen LogP contribution in [0.15, 0.2) is 18.2 Å². The molecule has 1 aromatic carbocycles. The number of carbonyl (C=O) groups is 1. The zero-order valence-corrected chi connectivity index (χ0v) is 21.0. The Kier molecular flexibility index (Phi) is 5.79. The summed E-state index contributed by atoms with van der Waals surface area (Å²) in [6, 6.07) is 4.41. The Labute approximate surface area is 206 Å². The van der Waals surface area contributed by atoms with Crippen LogP contribution in [0.4, 0.5) is 4.39 Å². The number of methoxy groups -OCH3 is 1. The summed E-state index contributed by atoms with van der Waals surface area (Å²) in [7, 11) is 1.68. The lowest BCUT2D eigenvalue weighted by molar-refractivity contribution is -0.136. The molecule has 1 heterocycles. The lowest BCUT2D eigenvalue weighted by Gasteiger charge is -2.57. The third-order valence-electron chi connectivity index (χ3n) is 10.7. The van der Waals surface area contributed by atoms with E-state index >= 15 is 0 Å². The molecule has 4 aliphatic rings. The predicted octanol–water partition coefficient (Wildman–Crippen LogP) is 4.79. The minimum absolute atomic E-state index is 0.0390. The summed E-state index contributed by atoms with van der Waals surface area (Å²) in [4.78, 5) is 13.6. The number of ether oxygens (including phenoxy) is 1. The molecule has 0 spiro atoms. The van der Waals surface area contributed by atoms with Gasteiger partial charge in [-0.15, -0.1) is 5.10 Å². The van der Waals surface area contributed by atoms with Crippen LogP contribution < -0.4 is 0 Å². The molecule has 8 atom stereocenters. The van der Waals surface area contributed by atoms with Crippen LogP contribution in [-0.4, -0.2) is 45.2 Å². The molecule has 0 aliphatic heterocycles. The van der Waals surface area contributed by atoms with E-state index in [1.807, 2.05) is 0 Å². The van der Waals surface area contributed by atoms with Gasteiger partial charge < -0.3 is 9.84 Å². The maximum atomic E-state index is 13.8. The summed E-state index contributed by atoms with van der Waals surface area (Å²) in [5, 5.41) is 19.3. The highest BCUT2D eigenvalue weighted by Gasteiger charge is 2.59. The minimum atomic E-state index is -0.648. The topological polar surface area (TPSA) is 77.2 Å². The third-order valence-corrected chi connectivity index (χ3v) is 10.7. The summed E-state index contributed by atoms with van der Waals surface area (Å²) < 4.78 is 20.7. The number of benzene rings is 1. The van der Waals surface area contributed by atoms with Gasteiger partial charge >= 0.3 is 0 Å². The van der Waals surface area contributed by atoms with E-state index in [2.05, 4.69) is 17.2 Å². The smallest absolute Gasteiger partial charge is 0.157 e. The lowest BCUT2D eigenvalue weighted by atomic mass is 9.49. The van der Waals surface area contributed by atoms with E-state index in [9.17, 15) is 14.3 Å². The molecule has 190 valence electrons. The molecule has 6 nitrogen and oxygen atoms in total. The van der Waals surface area contributed by atoms with Crippen LogP contribution in [-0.2, 0) is 16.1 Å².